The fourth-order valence-corrected chi connectivity index (χ4v) is 2.94. The fourth-order valence-electron chi connectivity index (χ4n) is 2.94. The summed E-state index contributed by atoms with van der Waals surface area (Å²) in [6, 6.07) is 6.18. The molecule has 0 fully saturated rings. The molecule has 0 amide bonds. The normalized spacial score (nSPS) is 14.3. The van der Waals surface area contributed by atoms with Gasteiger partial charge in [-0.3, -0.25) is 9.36 Å². The van der Waals surface area contributed by atoms with E-state index >= 15 is 0 Å². The van der Waals surface area contributed by atoms with Crippen molar-refractivity contribution in [3.8, 4) is 5.69 Å². The number of anilines is 1. The first kappa shape index (κ1) is 12.9. The van der Waals surface area contributed by atoms with Crippen LogP contribution in [0.1, 0.15) is 28.9 Å². The number of aryl methyl sites for hydroxylation is 1. The van der Waals surface area contributed by atoms with Gasteiger partial charge in [0.05, 0.1) is 22.6 Å². The van der Waals surface area contributed by atoms with Crippen molar-refractivity contribution in [2.45, 2.75) is 19.3 Å². The number of nitrogens with two attached hydrogens (primary N) is 1. The molecular weight excluding hydrogens is 283 g/mol. The van der Waals surface area contributed by atoms with E-state index in [0.717, 1.165) is 12.8 Å². The van der Waals surface area contributed by atoms with Crippen LogP contribution in [0.2, 0.25) is 0 Å². The number of halogens is 1. The van der Waals surface area contributed by atoms with Crippen molar-refractivity contribution in [1.82, 2.24) is 14.5 Å². The number of nitrogens with zero attached hydrogens (tertiary/aromatic N) is 3. The van der Waals surface area contributed by atoms with Crippen molar-refractivity contribution in [2.75, 3.05) is 5.73 Å². The van der Waals surface area contributed by atoms with E-state index in [1.165, 1.54) is 12.1 Å². The van der Waals surface area contributed by atoms with E-state index in [-0.39, 0.29) is 11.6 Å². The van der Waals surface area contributed by atoms with Gasteiger partial charge in [-0.2, -0.15) is 0 Å². The van der Waals surface area contributed by atoms with Gasteiger partial charge in [-0.15, -0.1) is 0 Å². The molecule has 0 radical (unpaired) electrons. The zero-order valence-corrected chi connectivity index (χ0v) is 11.7. The highest BCUT2D eigenvalue weighted by molar-refractivity contribution is 6.07. The predicted octanol–water partition coefficient (Wildman–Crippen LogP) is 2.66. The minimum Gasteiger partial charge on any atom is -0.396 e. The van der Waals surface area contributed by atoms with E-state index in [9.17, 15) is 9.18 Å². The summed E-state index contributed by atoms with van der Waals surface area (Å²) in [5.41, 5.74) is 9.39. The summed E-state index contributed by atoms with van der Waals surface area (Å²) >= 11 is 0. The van der Waals surface area contributed by atoms with Gasteiger partial charge in [0, 0.05) is 6.42 Å². The molecule has 0 saturated carbocycles. The van der Waals surface area contributed by atoms with Gasteiger partial charge in [-0.25, -0.2) is 14.4 Å². The summed E-state index contributed by atoms with van der Waals surface area (Å²) in [6.07, 6.45) is 3.54. The zero-order valence-electron chi connectivity index (χ0n) is 11.7. The molecule has 0 atom stereocenters. The maximum Gasteiger partial charge on any atom is 0.166 e. The molecule has 0 unspecified atom stereocenters. The lowest BCUT2D eigenvalue weighted by molar-refractivity contribution is 0.0972. The number of aromatic nitrogens is 3. The summed E-state index contributed by atoms with van der Waals surface area (Å²) in [5.74, 6) is -0.311. The molecule has 4 rings (SSSR count). The first-order valence-electron chi connectivity index (χ1n) is 7.09. The van der Waals surface area contributed by atoms with Gasteiger partial charge in [-0.05, 0) is 31.0 Å². The zero-order chi connectivity index (χ0) is 15.3. The quantitative estimate of drug-likeness (QED) is 0.749. The largest absolute Gasteiger partial charge is 0.396 e. The van der Waals surface area contributed by atoms with Crippen LogP contribution in [0.4, 0.5) is 10.1 Å². The molecule has 3 aromatic rings. The third-order valence-electron chi connectivity index (χ3n) is 3.98. The van der Waals surface area contributed by atoms with E-state index in [0.29, 0.717) is 40.2 Å². The van der Waals surface area contributed by atoms with Crippen LogP contribution < -0.4 is 5.73 Å². The Bertz CT molecular complexity index is 916. The molecule has 22 heavy (non-hydrogen) atoms. The van der Waals surface area contributed by atoms with Gasteiger partial charge in [0.2, 0.25) is 0 Å². The van der Waals surface area contributed by atoms with Crippen LogP contribution in [0.5, 0.6) is 0 Å². The highest BCUT2D eigenvalue weighted by Gasteiger charge is 2.25. The number of imidazole rings is 1. The van der Waals surface area contributed by atoms with E-state index in [2.05, 4.69) is 9.97 Å². The van der Waals surface area contributed by atoms with Gasteiger partial charge >= 0.3 is 0 Å². The van der Waals surface area contributed by atoms with E-state index in [1.54, 1.807) is 23.0 Å². The Morgan fingerprint density at radius 2 is 2.14 bits per heavy atom. The second-order valence-corrected chi connectivity index (χ2v) is 5.39. The average Bonchev–Trinajstić information content (AvgIpc) is 2.91. The van der Waals surface area contributed by atoms with Crippen LogP contribution in [0.15, 0.2) is 30.6 Å². The Morgan fingerprint density at radius 3 is 2.95 bits per heavy atom. The number of hydrogen-bond acceptors (Lipinski definition) is 4. The number of hydrogen-bond donors (Lipinski definition) is 1. The molecule has 110 valence electrons. The van der Waals surface area contributed by atoms with Crippen LogP contribution >= 0.6 is 0 Å². The van der Waals surface area contributed by atoms with Crippen LogP contribution in [-0.4, -0.2) is 20.3 Å². The third-order valence-corrected chi connectivity index (χ3v) is 3.98. The van der Waals surface area contributed by atoms with E-state index in [1.807, 2.05) is 0 Å². The highest BCUT2D eigenvalue weighted by atomic mass is 19.1. The Kier molecular flexibility index (Phi) is 2.72. The predicted molar refractivity (Wildman–Crippen MR) is 80.5 cm³/mol. The first-order chi connectivity index (χ1) is 10.6. The van der Waals surface area contributed by atoms with Crippen LogP contribution in [0.25, 0.3) is 16.9 Å². The molecule has 0 saturated heterocycles. The van der Waals surface area contributed by atoms with Crippen LogP contribution in [-0.2, 0) is 6.42 Å². The summed E-state index contributed by atoms with van der Waals surface area (Å²) in [4.78, 5) is 20.9. The maximum atomic E-state index is 13.4. The van der Waals surface area contributed by atoms with Gasteiger partial charge in [0.1, 0.15) is 17.7 Å². The molecule has 2 aromatic heterocycles. The summed E-state index contributed by atoms with van der Waals surface area (Å²) < 4.78 is 15.1. The number of nitrogen functional groups attached to an aromatic ring is 1. The second-order valence-electron chi connectivity index (χ2n) is 5.39. The lowest BCUT2D eigenvalue weighted by Gasteiger charge is -2.16. The van der Waals surface area contributed by atoms with Crippen LogP contribution in [0.3, 0.4) is 0 Å². The number of ketones is 1. The number of rotatable bonds is 1. The third kappa shape index (κ3) is 1.80. The monoisotopic (exact) mass is 296 g/mol. The van der Waals surface area contributed by atoms with E-state index in [4.69, 9.17) is 5.73 Å². The number of Topliss-reactive ketones (excluding diaryl/α,β-unsaturated/α-hetero) is 1. The Balaban J connectivity index is 2.00. The average molecular weight is 296 g/mol. The van der Waals surface area contributed by atoms with Gasteiger partial charge in [-0.1, -0.05) is 6.07 Å². The number of fused-ring (bicyclic) bond motifs is 2. The van der Waals surface area contributed by atoms with Crippen LogP contribution in [0, 0.1) is 5.82 Å². The van der Waals surface area contributed by atoms with Crippen molar-refractivity contribution >= 4 is 22.6 Å². The van der Waals surface area contributed by atoms with Gasteiger partial charge in [0.15, 0.2) is 11.4 Å². The smallest absolute Gasteiger partial charge is 0.166 e. The number of carbonyl (C=O) groups excluding carboxylic acids is 1. The summed E-state index contributed by atoms with van der Waals surface area (Å²) in [6.45, 7) is 0. The Hall–Kier alpha value is -2.76. The first-order valence-corrected chi connectivity index (χ1v) is 7.09. The van der Waals surface area contributed by atoms with Crippen molar-refractivity contribution in [1.29, 1.82) is 0 Å². The Morgan fingerprint density at radius 1 is 1.27 bits per heavy atom. The standard InChI is InChI=1S/C16H13FN4O/c17-9-3-1-4-10(7-9)21-8-19-15-14(18)13-11(20-16(15)21)5-2-6-12(13)22/h1,3-4,7-8H,2,5-6H2,(H2,18,20). The molecule has 1 aliphatic rings. The van der Waals surface area contributed by atoms with E-state index < -0.39 is 0 Å². The molecule has 0 bridgehead atoms. The van der Waals surface area contributed by atoms with Gasteiger partial charge in [0.25, 0.3) is 0 Å². The Labute approximate surface area is 125 Å². The minimum atomic E-state index is -0.333. The SMILES string of the molecule is Nc1c2c(nc3c1ncn3-c1cccc(F)c1)CCCC2=O. The molecule has 0 aliphatic heterocycles. The second kappa shape index (κ2) is 4.62. The molecule has 0 spiro atoms. The van der Waals surface area contributed by atoms with Crippen molar-refractivity contribution < 1.29 is 9.18 Å². The van der Waals surface area contributed by atoms with Crippen molar-refractivity contribution in [3.05, 3.63) is 47.7 Å². The molecule has 2 heterocycles. The molecule has 2 N–H and O–H groups in total. The number of pyridine rings is 1. The van der Waals surface area contributed by atoms with Gasteiger partial charge < -0.3 is 5.73 Å². The number of benzene rings is 1. The molecule has 6 heteroatoms. The molecule has 1 aromatic carbocycles. The summed E-state index contributed by atoms with van der Waals surface area (Å²) in [5, 5.41) is 0. The summed E-state index contributed by atoms with van der Waals surface area (Å²) in [7, 11) is 0. The number of carbonyl (C=O) groups is 1. The molecule has 1 aliphatic carbocycles. The highest BCUT2D eigenvalue weighted by Crippen LogP contribution is 2.31. The molecule has 5 nitrogen and oxygen atoms in total. The van der Waals surface area contributed by atoms with Crippen molar-refractivity contribution in [2.24, 2.45) is 0 Å². The minimum absolute atomic E-state index is 0.0217. The molecular formula is C16H13FN4O. The van der Waals surface area contributed by atoms with Crippen molar-refractivity contribution in [3.63, 3.8) is 0 Å². The lowest BCUT2D eigenvalue weighted by atomic mass is 9.93. The maximum absolute atomic E-state index is 13.4. The topological polar surface area (TPSA) is 73.8 Å². The fraction of sp³-hybridized carbons (Fsp3) is 0.188. The lowest BCUT2D eigenvalue weighted by Crippen LogP contribution is -2.16.